The van der Waals surface area contributed by atoms with Gasteiger partial charge in [-0.2, -0.15) is 0 Å². The lowest BCUT2D eigenvalue weighted by molar-refractivity contribution is -0.139. The van der Waals surface area contributed by atoms with Crippen molar-refractivity contribution in [3.05, 3.63) is 69.5 Å². The molecule has 0 saturated carbocycles. The van der Waals surface area contributed by atoms with Crippen LogP contribution in [0.25, 0.3) is 0 Å². The van der Waals surface area contributed by atoms with Crippen molar-refractivity contribution < 1.29 is 14.0 Å². The molecule has 2 aromatic rings. The number of nitrogens with one attached hydrogen (secondary N) is 1. The molecule has 0 spiro atoms. The molecule has 0 aromatic heterocycles. The second kappa shape index (κ2) is 12.3. The molecule has 2 aromatic carbocycles. The topological polar surface area (TPSA) is 49.4 Å². The van der Waals surface area contributed by atoms with Gasteiger partial charge in [0.1, 0.15) is 11.9 Å². The van der Waals surface area contributed by atoms with Crippen LogP contribution in [0.1, 0.15) is 38.3 Å². The molecule has 0 bridgehead atoms. The van der Waals surface area contributed by atoms with E-state index in [1.807, 2.05) is 13.8 Å². The molecule has 0 radical (unpaired) electrons. The largest absolute Gasteiger partial charge is 0.352 e. The molecule has 0 unspecified atom stereocenters. The van der Waals surface area contributed by atoms with Crippen molar-refractivity contribution in [1.29, 1.82) is 0 Å². The molecular formula is C23H27Cl2FN2O2S. The zero-order chi connectivity index (χ0) is 23.0. The molecule has 1 N–H and O–H groups in total. The van der Waals surface area contributed by atoms with Gasteiger partial charge < -0.3 is 10.2 Å². The first-order valence-electron chi connectivity index (χ1n) is 10.1. The molecule has 31 heavy (non-hydrogen) atoms. The maximum absolute atomic E-state index is 14.2. The minimum absolute atomic E-state index is 0.00795. The maximum atomic E-state index is 14.2. The number of benzene rings is 2. The standard InChI is InChI=1S/C23H27Cl2FN2O2S/c1-4-15(2)27-23(30)16(3)28(12-17-8-5-6-11-21(17)26)22(29)14-31-13-18-19(24)9-7-10-20(18)25/h5-11,15-16H,4,12-14H2,1-3H3,(H,27,30)/t15-,16-/m0/s1. The first-order chi connectivity index (χ1) is 14.7. The third-order valence-electron chi connectivity index (χ3n) is 5.00. The van der Waals surface area contributed by atoms with Gasteiger partial charge in [0, 0.05) is 33.9 Å². The Bertz CT molecular complexity index is 893. The van der Waals surface area contributed by atoms with Gasteiger partial charge in [-0.1, -0.05) is 54.4 Å². The summed E-state index contributed by atoms with van der Waals surface area (Å²) in [5, 5.41) is 3.97. The predicted octanol–water partition coefficient (Wildman–Crippen LogP) is 5.70. The number of nitrogens with zero attached hydrogens (tertiary/aromatic N) is 1. The highest BCUT2D eigenvalue weighted by atomic mass is 35.5. The van der Waals surface area contributed by atoms with E-state index in [0.29, 0.717) is 21.4 Å². The van der Waals surface area contributed by atoms with Crippen molar-refractivity contribution in [3.8, 4) is 0 Å². The lowest BCUT2D eigenvalue weighted by atomic mass is 10.1. The lowest BCUT2D eigenvalue weighted by Crippen LogP contribution is -2.50. The normalized spacial score (nSPS) is 12.8. The Morgan fingerprint density at radius 3 is 2.35 bits per heavy atom. The van der Waals surface area contributed by atoms with E-state index in [1.54, 1.807) is 43.3 Å². The van der Waals surface area contributed by atoms with E-state index in [0.717, 1.165) is 12.0 Å². The summed E-state index contributed by atoms with van der Waals surface area (Å²) >= 11 is 13.7. The number of carbonyl (C=O) groups is 2. The summed E-state index contributed by atoms with van der Waals surface area (Å²) in [5.41, 5.74) is 1.12. The highest BCUT2D eigenvalue weighted by Gasteiger charge is 2.27. The van der Waals surface area contributed by atoms with E-state index in [9.17, 15) is 14.0 Å². The van der Waals surface area contributed by atoms with Crippen LogP contribution < -0.4 is 5.32 Å². The lowest BCUT2D eigenvalue weighted by Gasteiger charge is -2.29. The minimum atomic E-state index is -0.745. The Morgan fingerprint density at radius 1 is 1.10 bits per heavy atom. The minimum Gasteiger partial charge on any atom is -0.352 e. The summed E-state index contributed by atoms with van der Waals surface area (Å²) in [6.45, 7) is 5.53. The second-order valence-electron chi connectivity index (χ2n) is 7.30. The first kappa shape index (κ1) is 25.5. The van der Waals surface area contributed by atoms with Crippen LogP contribution in [0, 0.1) is 5.82 Å². The van der Waals surface area contributed by atoms with Crippen LogP contribution in [-0.4, -0.2) is 34.6 Å². The van der Waals surface area contributed by atoms with Gasteiger partial charge in [0.25, 0.3) is 0 Å². The van der Waals surface area contributed by atoms with Crippen LogP contribution in [-0.2, 0) is 21.9 Å². The van der Waals surface area contributed by atoms with Crippen molar-refractivity contribution in [1.82, 2.24) is 10.2 Å². The molecule has 0 saturated heterocycles. The van der Waals surface area contributed by atoms with E-state index in [2.05, 4.69) is 5.32 Å². The van der Waals surface area contributed by atoms with Crippen molar-refractivity contribution >= 4 is 46.8 Å². The molecule has 2 amide bonds. The molecule has 168 valence electrons. The van der Waals surface area contributed by atoms with Crippen LogP contribution >= 0.6 is 35.0 Å². The Balaban J connectivity index is 2.13. The van der Waals surface area contributed by atoms with Crippen LogP contribution in [0.5, 0.6) is 0 Å². The van der Waals surface area contributed by atoms with Crippen LogP contribution in [0.2, 0.25) is 10.0 Å². The zero-order valence-corrected chi connectivity index (χ0v) is 20.2. The Labute approximate surface area is 197 Å². The number of carbonyl (C=O) groups excluding carboxylic acids is 2. The molecule has 0 fully saturated rings. The quantitative estimate of drug-likeness (QED) is 0.470. The molecule has 0 aliphatic heterocycles. The maximum Gasteiger partial charge on any atom is 0.242 e. The summed E-state index contributed by atoms with van der Waals surface area (Å²) in [6.07, 6.45) is 0.772. The number of halogens is 3. The van der Waals surface area contributed by atoms with Crippen LogP contribution in [0.4, 0.5) is 4.39 Å². The monoisotopic (exact) mass is 484 g/mol. The third kappa shape index (κ3) is 7.41. The molecule has 2 atom stereocenters. The number of amides is 2. The highest BCUT2D eigenvalue weighted by molar-refractivity contribution is 7.99. The summed E-state index contributed by atoms with van der Waals surface area (Å²) in [5.74, 6) is -0.380. The Kier molecular flexibility index (Phi) is 10.1. The number of hydrogen-bond donors (Lipinski definition) is 1. The van der Waals surface area contributed by atoms with Crippen LogP contribution in [0.3, 0.4) is 0 Å². The molecule has 0 aliphatic rings. The molecule has 8 heteroatoms. The van der Waals surface area contributed by atoms with Gasteiger partial charge in [0.05, 0.1) is 5.75 Å². The van der Waals surface area contributed by atoms with Gasteiger partial charge >= 0.3 is 0 Å². The van der Waals surface area contributed by atoms with E-state index in [1.165, 1.54) is 22.7 Å². The summed E-state index contributed by atoms with van der Waals surface area (Å²) < 4.78 is 14.2. The Hall–Kier alpha value is -1.76. The number of hydrogen-bond acceptors (Lipinski definition) is 3. The van der Waals surface area contributed by atoms with Gasteiger partial charge in [0.2, 0.25) is 11.8 Å². The fraction of sp³-hybridized carbons (Fsp3) is 0.391. The van der Waals surface area contributed by atoms with E-state index >= 15 is 0 Å². The predicted molar refractivity (Wildman–Crippen MR) is 127 cm³/mol. The smallest absolute Gasteiger partial charge is 0.242 e. The summed E-state index contributed by atoms with van der Waals surface area (Å²) in [4.78, 5) is 27.1. The molecule has 4 nitrogen and oxygen atoms in total. The average Bonchev–Trinajstić information content (AvgIpc) is 2.74. The molecule has 0 aliphatic carbocycles. The fourth-order valence-corrected chi connectivity index (χ4v) is 4.50. The highest BCUT2D eigenvalue weighted by Crippen LogP contribution is 2.28. The molecule has 0 heterocycles. The van der Waals surface area contributed by atoms with Crippen molar-refractivity contribution in [2.75, 3.05) is 5.75 Å². The summed E-state index contributed by atoms with van der Waals surface area (Å²) in [6, 6.07) is 10.8. The van der Waals surface area contributed by atoms with Gasteiger partial charge in [-0.3, -0.25) is 9.59 Å². The molecule has 2 rings (SSSR count). The van der Waals surface area contributed by atoms with Crippen molar-refractivity contribution in [2.45, 2.75) is 51.6 Å². The van der Waals surface area contributed by atoms with Gasteiger partial charge in [-0.05, 0) is 44.0 Å². The Morgan fingerprint density at radius 2 is 1.74 bits per heavy atom. The van der Waals surface area contributed by atoms with Crippen LogP contribution in [0.15, 0.2) is 42.5 Å². The zero-order valence-electron chi connectivity index (χ0n) is 17.8. The van der Waals surface area contributed by atoms with Gasteiger partial charge in [-0.25, -0.2) is 4.39 Å². The SMILES string of the molecule is CC[C@H](C)NC(=O)[C@H](C)N(Cc1ccccc1F)C(=O)CSCc1c(Cl)cccc1Cl. The van der Waals surface area contributed by atoms with Gasteiger partial charge in [-0.15, -0.1) is 11.8 Å². The van der Waals surface area contributed by atoms with Crippen molar-refractivity contribution in [3.63, 3.8) is 0 Å². The summed E-state index contributed by atoms with van der Waals surface area (Å²) in [7, 11) is 0. The third-order valence-corrected chi connectivity index (χ3v) is 6.65. The number of thioether (sulfide) groups is 1. The van der Waals surface area contributed by atoms with E-state index < -0.39 is 11.9 Å². The fourth-order valence-electron chi connectivity index (χ4n) is 2.85. The van der Waals surface area contributed by atoms with E-state index in [4.69, 9.17) is 23.2 Å². The average molecular weight is 485 g/mol. The molecular weight excluding hydrogens is 458 g/mol. The van der Waals surface area contributed by atoms with Gasteiger partial charge in [0.15, 0.2) is 0 Å². The first-order valence-corrected chi connectivity index (χ1v) is 12.0. The van der Waals surface area contributed by atoms with E-state index in [-0.39, 0.29) is 30.2 Å². The second-order valence-corrected chi connectivity index (χ2v) is 9.10. The number of rotatable bonds is 10. The van der Waals surface area contributed by atoms with Crippen molar-refractivity contribution in [2.24, 2.45) is 0 Å².